The summed E-state index contributed by atoms with van der Waals surface area (Å²) in [6.07, 6.45) is 2.13. The lowest BCUT2D eigenvalue weighted by Crippen LogP contribution is -2.25. The number of aromatic nitrogens is 2. The molecule has 136 valence electrons. The Morgan fingerprint density at radius 2 is 1.89 bits per heavy atom. The van der Waals surface area contributed by atoms with E-state index in [9.17, 15) is 4.79 Å². The third-order valence-electron chi connectivity index (χ3n) is 4.36. The fourth-order valence-electron chi connectivity index (χ4n) is 2.78. The second-order valence-electron chi connectivity index (χ2n) is 6.46. The Bertz CT molecular complexity index is 952. The summed E-state index contributed by atoms with van der Waals surface area (Å²) in [6, 6.07) is 19.1. The van der Waals surface area contributed by atoms with E-state index in [0.717, 1.165) is 35.5 Å². The molecule has 2 N–H and O–H groups in total. The molecule has 3 aromatic rings. The van der Waals surface area contributed by atoms with Crippen molar-refractivity contribution in [2.45, 2.75) is 18.9 Å². The molecule has 0 aliphatic heterocycles. The number of benzene rings is 2. The molecule has 0 bridgehead atoms. The van der Waals surface area contributed by atoms with Gasteiger partial charge < -0.3 is 15.4 Å². The molecular weight excluding hydrogens is 340 g/mol. The molecule has 0 radical (unpaired) electrons. The summed E-state index contributed by atoms with van der Waals surface area (Å²) < 4.78 is 5.37. The van der Waals surface area contributed by atoms with Crippen molar-refractivity contribution in [2.75, 3.05) is 12.4 Å². The van der Waals surface area contributed by atoms with E-state index in [4.69, 9.17) is 4.74 Å². The van der Waals surface area contributed by atoms with Crippen molar-refractivity contribution in [1.29, 1.82) is 0 Å². The largest absolute Gasteiger partial charge is 0.496 e. The van der Waals surface area contributed by atoms with Crippen LogP contribution in [0.1, 0.15) is 23.2 Å². The van der Waals surface area contributed by atoms with Gasteiger partial charge in [-0.15, -0.1) is 10.2 Å². The molecule has 1 aliphatic rings. The van der Waals surface area contributed by atoms with E-state index in [2.05, 4.69) is 20.8 Å². The van der Waals surface area contributed by atoms with Crippen molar-refractivity contribution < 1.29 is 9.53 Å². The molecule has 2 aromatic carbocycles. The highest BCUT2D eigenvalue weighted by molar-refractivity contribution is 5.95. The molecule has 0 unspecified atom stereocenters. The van der Waals surface area contributed by atoms with Crippen molar-refractivity contribution in [1.82, 2.24) is 15.5 Å². The fourth-order valence-corrected chi connectivity index (χ4v) is 2.78. The van der Waals surface area contributed by atoms with Gasteiger partial charge in [0.25, 0.3) is 5.91 Å². The summed E-state index contributed by atoms with van der Waals surface area (Å²) in [5.41, 5.74) is 3.04. The maximum atomic E-state index is 12.2. The van der Waals surface area contributed by atoms with Gasteiger partial charge >= 0.3 is 0 Å². The molecule has 1 heterocycles. The van der Waals surface area contributed by atoms with E-state index in [1.54, 1.807) is 13.2 Å². The van der Waals surface area contributed by atoms with Crippen LogP contribution in [0.5, 0.6) is 5.75 Å². The molecule has 0 saturated heterocycles. The van der Waals surface area contributed by atoms with Gasteiger partial charge in [0.1, 0.15) is 5.75 Å². The van der Waals surface area contributed by atoms with E-state index in [0.29, 0.717) is 17.4 Å². The quantitative estimate of drug-likeness (QED) is 0.699. The van der Waals surface area contributed by atoms with Crippen LogP contribution in [0, 0.1) is 0 Å². The van der Waals surface area contributed by atoms with Gasteiger partial charge in [-0.2, -0.15) is 0 Å². The lowest BCUT2D eigenvalue weighted by molar-refractivity contribution is 0.0951. The normalized spacial score (nSPS) is 13.1. The lowest BCUT2D eigenvalue weighted by atomic mass is 10.1. The number of ether oxygens (including phenoxy) is 1. The zero-order valence-electron chi connectivity index (χ0n) is 15.0. The Morgan fingerprint density at radius 1 is 1.04 bits per heavy atom. The molecular formula is C21H20N4O2. The number of nitrogens with zero attached hydrogens (tertiary/aromatic N) is 2. The minimum Gasteiger partial charge on any atom is -0.496 e. The molecule has 1 saturated carbocycles. The Balaban J connectivity index is 1.49. The molecule has 0 atom stereocenters. The van der Waals surface area contributed by atoms with Crippen molar-refractivity contribution >= 4 is 17.4 Å². The van der Waals surface area contributed by atoms with Gasteiger partial charge in [0.15, 0.2) is 5.82 Å². The Morgan fingerprint density at radius 3 is 2.63 bits per heavy atom. The summed E-state index contributed by atoms with van der Waals surface area (Å²) in [6.45, 7) is 0. The van der Waals surface area contributed by atoms with Crippen molar-refractivity contribution in [2.24, 2.45) is 0 Å². The minimum absolute atomic E-state index is 0.0428. The van der Waals surface area contributed by atoms with Crippen LogP contribution in [-0.2, 0) is 0 Å². The topological polar surface area (TPSA) is 76.1 Å². The van der Waals surface area contributed by atoms with Crippen LogP contribution in [-0.4, -0.2) is 29.3 Å². The average Bonchev–Trinajstić information content (AvgIpc) is 3.53. The highest BCUT2D eigenvalue weighted by Crippen LogP contribution is 2.28. The zero-order chi connectivity index (χ0) is 18.6. The smallest absolute Gasteiger partial charge is 0.251 e. The number of amides is 1. The summed E-state index contributed by atoms with van der Waals surface area (Å²) in [5, 5.41) is 14.7. The molecule has 27 heavy (non-hydrogen) atoms. The molecule has 1 aliphatic carbocycles. The fraction of sp³-hybridized carbons (Fsp3) is 0.190. The monoisotopic (exact) mass is 360 g/mol. The number of rotatable bonds is 6. The van der Waals surface area contributed by atoms with E-state index in [-0.39, 0.29) is 5.91 Å². The number of methoxy groups -OCH3 is 1. The molecule has 1 aromatic heterocycles. The number of carbonyl (C=O) groups excluding carboxylic acids is 1. The Hall–Kier alpha value is -3.41. The van der Waals surface area contributed by atoms with Crippen LogP contribution >= 0.6 is 0 Å². The van der Waals surface area contributed by atoms with E-state index in [1.165, 1.54) is 0 Å². The van der Waals surface area contributed by atoms with Gasteiger partial charge in [0.2, 0.25) is 0 Å². The van der Waals surface area contributed by atoms with Crippen LogP contribution in [0.4, 0.5) is 11.5 Å². The van der Waals surface area contributed by atoms with Gasteiger partial charge in [0.05, 0.1) is 12.8 Å². The number of carbonyl (C=O) groups is 1. The summed E-state index contributed by atoms with van der Waals surface area (Å²) in [7, 11) is 1.63. The van der Waals surface area contributed by atoms with Crippen LogP contribution in [0.15, 0.2) is 60.7 Å². The average molecular weight is 360 g/mol. The molecule has 1 fully saturated rings. The number of nitrogens with one attached hydrogen (secondary N) is 2. The first-order chi connectivity index (χ1) is 13.2. The van der Waals surface area contributed by atoms with Gasteiger partial charge in [-0.05, 0) is 55.3 Å². The maximum Gasteiger partial charge on any atom is 0.251 e. The SMILES string of the molecule is COc1ccccc1-c1ccc(Nc2cccc(C(=O)NC3CC3)c2)nn1. The highest BCUT2D eigenvalue weighted by Gasteiger charge is 2.23. The summed E-state index contributed by atoms with van der Waals surface area (Å²) in [4.78, 5) is 12.2. The van der Waals surface area contributed by atoms with Gasteiger partial charge in [-0.3, -0.25) is 4.79 Å². The van der Waals surface area contributed by atoms with Crippen molar-refractivity contribution in [3.8, 4) is 17.0 Å². The van der Waals surface area contributed by atoms with Crippen LogP contribution < -0.4 is 15.4 Å². The first-order valence-electron chi connectivity index (χ1n) is 8.88. The van der Waals surface area contributed by atoms with Crippen LogP contribution in [0.3, 0.4) is 0 Å². The second kappa shape index (κ2) is 7.45. The van der Waals surface area contributed by atoms with Gasteiger partial charge in [-0.25, -0.2) is 0 Å². The molecule has 6 heteroatoms. The van der Waals surface area contributed by atoms with Crippen LogP contribution in [0.25, 0.3) is 11.3 Å². The van der Waals surface area contributed by atoms with Crippen molar-refractivity contribution in [3.05, 3.63) is 66.2 Å². The molecule has 4 rings (SSSR count). The standard InChI is InChI=1S/C21H20N4O2/c1-27-19-8-3-2-7-17(19)18-11-12-20(25-24-18)22-16-6-4-5-14(13-16)21(26)23-15-9-10-15/h2-8,11-13,15H,9-10H2,1H3,(H,22,25)(H,23,26). The summed E-state index contributed by atoms with van der Waals surface area (Å²) >= 11 is 0. The maximum absolute atomic E-state index is 12.2. The minimum atomic E-state index is -0.0428. The first-order valence-corrected chi connectivity index (χ1v) is 8.88. The zero-order valence-corrected chi connectivity index (χ0v) is 15.0. The molecule has 6 nitrogen and oxygen atoms in total. The van der Waals surface area contributed by atoms with Crippen molar-refractivity contribution in [3.63, 3.8) is 0 Å². The predicted octanol–water partition coefficient (Wildman–Crippen LogP) is 3.79. The number of hydrogen-bond donors (Lipinski definition) is 2. The first kappa shape index (κ1) is 17.0. The number of hydrogen-bond acceptors (Lipinski definition) is 5. The van der Waals surface area contributed by atoms with Gasteiger partial charge in [-0.1, -0.05) is 18.2 Å². The Labute approximate surface area is 157 Å². The predicted molar refractivity (Wildman–Crippen MR) is 104 cm³/mol. The van der Waals surface area contributed by atoms with E-state index in [1.807, 2.05) is 54.6 Å². The second-order valence-corrected chi connectivity index (χ2v) is 6.46. The third kappa shape index (κ3) is 4.06. The molecule has 1 amide bonds. The third-order valence-corrected chi connectivity index (χ3v) is 4.36. The number of anilines is 2. The Kier molecular flexibility index (Phi) is 4.70. The highest BCUT2D eigenvalue weighted by atomic mass is 16.5. The number of para-hydroxylation sites is 1. The van der Waals surface area contributed by atoms with E-state index >= 15 is 0 Å². The summed E-state index contributed by atoms with van der Waals surface area (Å²) in [5.74, 6) is 1.31. The van der Waals surface area contributed by atoms with E-state index < -0.39 is 0 Å². The van der Waals surface area contributed by atoms with Gasteiger partial charge in [0, 0.05) is 22.9 Å². The van der Waals surface area contributed by atoms with Crippen LogP contribution in [0.2, 0.25) is 0 Å². The molecule has 0 spiro atoms. The lowest BCUT2D eigenvalue weighted by Gasteiger charge is -2.09.